The first-order valence-corrected chi connectivity index (χ1v) is 17.7. The molecule has 0 aromatic heterocycles. The lowest BCUT2D eigenvalue weighted by Crippen LogP contribution is -2.48. The van der Waals surface area contributed by atoms with Crippen LogP contribution >= 0.6 is 0 Å². The molecule has 0 radical (unpaired) electrons. The van der Waals surface area contributed by atoms with Crippen molar-refractivity contribution in [2.24, 2.45) is 23.5 Å². The van der Waals surface area contributed by atoms with Crippen molar-refractivity contribution in [3.63, 3.8) is 0 Å². The van der Waals surface area contributed by atoms with Gasteiger partial charge in [0.2, 0.25) is 5.91 Å². The average Bonchev–Trinajstić information content (AvgIpc) is 3.81. The molecule has 0 spiro atoms. The Morgan fingerprint density at radius 1 is 0.672 bits per heavy atom. The SMILES string of the molecule is C#C[C@@H]1[C@H](N2C=CC(=O)NC2=C)O[C@](C#C)(CO)[C@H]1O.C#C[C@]1(CO)O[C@@H](N2C=CC(=O)NC2=C)[C@@H](C#N)[C@@H]1O.C#C[C@]1(CO)O[C@@H](N2C=CC(=O)NC2=C)[C@@H](C(N)=O)[C@@H]1O. The van der Waals surface area contributed by atoms with Crippen molar-refractivity contribution in [1.82, 2.24) is 30.7 Å². The third-order valence-corrected chi connectivity index (χ3v) is 10.2. The Morgan fingerprint density at radius 3 is 1.31 bits per heavy atom. The molecule has 12 atom stereocenters. The van der Waals surface area contributed by atoms with Crippen molar-refractivity contribution in [3.8, 4) is 55.4 Å². The van der Waals surface area contributed by atoms with Gasteiger partial charge < -0.3 is 81.2 Å². The van der Waals surface area contributed by atoms with Crippen molar-refractivity contribution < 1.29 is 64.0 Å². The maximum Gasteiger partial charge on any atom is 0.250 e. The topological polar surface area (TPSA) is 313 Å². The molecule has 0 saturated carbocycles. The molecule has 0 aromatic carbocycles. The fraction of sp³-hybridized carbons (Fsp3) is 0.375. The molecule has 21 heteroatoms. The minimum atomic E-state index is -1.75. The second-order valence-electron chi connectivity index (χ2n) is 13.7. The Hall–Kier alpha value is -6.91. The summed E-state index contributed by atoms with van der Waals surface area (Å²) in [6, 6.07) is 1.91. The molecule has 3 saturated heterocycles. The Labute approximate surface area is 349 Å². The van der Waals surface area contributed by atoms with Gasteiger partial charge in [0.1, 0.15) is 47.6 Å². The van der Waals surface area contributed by atoms with Crippen LogP contribution in [0.3, 0.4) is 0 Å². The Kier molecular flexibility index (Phi) is 14.2. The van der Waals surface area contributed by atoms with Gasteiger partial charge in [-0.15, -0.1) is 25.7 Å². The first-order valence-electron chi connectivity index (χ1n) is 17.7. The number of carbonyl (C=O) groups is 4. The third-order valence-electron chi connectivity index (χ3n) is 10.2. The summed E-state index contributed by atoms with van der Waals surface area (Å²) in [7, 11) is 0. The van der Waals surface area contributed by atoms with Crippen LogP contribution in [0.15, 0.2) is 74.0 Å². The van der Waals surface area contributed by atoms with Crippen molar-refractivity contribution in [3.05, 3.63) is 74.0 Å². The largest absolute Gasteiger partial charge is 0.392 e. The third kappa shape index (κ3) is 8.58. The van der Waals surface area contributed by atoms with E-state index in [1.807, 2.05) is 6.07 Å². The molecule has 0 aliphatic carbocycles. The molecule has 320 valence electrons. The second kappa shape index (κ2) is 18.6. The molecule has 6 aliphatic heterocycles. The van der Waals surface area contributed by atoms with Crippen molar-refractivity contribution in [2.45, 2.75) is 53.8 Å². The number of aliphatic hydroxyl groups excluding tert-OH is 6. The summed E-state index contributed by atoms with van der Waals surface area (Å²) >= 11 is 0. The quantitative estimate of drug-likeness (QED) is 0.107. The van der Waals surface area contributed by atoms with Crippen LogP contribution in [0.4, 0.5) is 0 Å². The number of hydrogen-bond acceptors (Lipinski definition) is 17. The zero-order valence-electron chi connectivity index (χ0n) is 32.1. The lowest BCUT2D eigenvalue weighted by molar-refractivity contribution is -0.129. The van der Waals surface area contributed by atoms with Crippen LogP contribution in [-0.2, 0) is 33.4 Å². The number of nitrogens with one attached hydrogen (secondary N) is 3. The molecule has 0 unspecified atom stereocenters. The van der Waals surface area contributed by atoms with E-state index in [4.69, 9.17) is 45.6 Å². The number of hydrogen-bond donors (Lipinski definition) is 10. The van der Waals surface area contributed by atoms with E-state index in [1.165, 1.54) is 51.5 Å². The monoisotopic (exact) mass is 842 g/mol. The van der Waals surface area contributed by atoms with Gasteiger partial charge in [-0.25, -0.2) is 0 Å². The van der Waals surface area contributed by atoms with Crippen LogP contribution in [-0.4, -0.2) is 143 Å². The number of nitriles is 1. The smallest absolute Gasteiger partial charge is 0.250 e. The second-order valence-corrected chi connectivity index (χ2v) is 13.7. The summed E-state index contributed by atoms with van der Waals surface area (Å²) in [6.07, 6.45) is 22.3. The number of aliphatic hydroxyl groups is 6. The molecule has 21 nitrogen and oxygen atoms in total. The van der Waals surface area contributed by atoms with Crippen molar-refractivity contribution >= 4 is 23.6 Å². The van der Waals surface area contributed by atoms with Gasteiger partial charge in [0.05, 0.1) is 31.8 Å². The van der Waals surface area contributed by atoms with Gasteiger partial charge in [-0.05, 0) is 0 Å². The number of primary amides is 1. The molecular formula is C40H42N8O13. The maximum atomic E-state index is 11.6. The minimum Gasteiger partial charge on any atom is -0.392 e. The predicted octanol–water partition coefficient (Wildman–Crippen LogP) is -5.06. The normalized spacial score (nSPS) is 36.1. The van der Waals surface area contributed by atoms with Gasteiger partial charge in [0.25, 0.3) is 17.7 Å². The number of terminal acetylenes is 4. The fourth-order valence-electron chi connectivity index (χ4n) is 6.77. The van der Waals surface area contributed by atoms with Gasteiger partial charge >= 0.3 is 0 Å². The minimum absolute atomic E-state index is 0.136. The summed E-state index contributed by atoms with van der Waals surface area (Å²) in [6.45, 7) is 9.05. The number of ether oxygens (including phenoxy) is 3. The average molecular weight is 843 g/mol. The Morgan fingerprint density at radius 2 is 1.00 bits per heavy atom. The highest BCUT2D eigenvalue weighted by Crippen LogP contribution is 2.40. The van der Waals surface area contributed by atoms with Crippen LogP contribution in [0.5, 0.6) is 0 Å². The molecule has 6 aliphatic rings. The van der Waals surface area contributed by atoms with E-state index in [2.05, 4.69) is 59.4 Å². The highest BCUT2D eigenvalue weighted by molar-refractivity contribution is 5.90. The molecule has 6 rings (SSSR count). The number of nitrogens with zero attached hydrogens (tertiary/aromatic N) is 4. The summed E-state index contributed by atoms with van der Waals surface area (Å²) in [5.74, 6) is 4.66. The fourth-order valence-corrected chi connectivity index (χ4v) is 6.77. The van der Waals surface area contributed by atoms with Crippen LogP contribution in [0.25, 0.3) is 0 Å². The summed E-state index contributed by atoms with van der Waals surface area (Å²) < 4.78 is 16.6. The number of rotatable bonds is 7. The van der Waals surface area contributed by atoms with E-state index in [-0.39, 0.29) is 29.3 Å². The molecule has 4 amide bonds. The molecule has 0 bridgehead atoms. The molecule has 0 aromatic rings. The van der Waals surface area contributed by atoms with Gasteiger partial charge in [-0.2, -0.15) is 5.26 Å². The molecular weight excluding hydrogens is 800 g/mol. The Bertz CT molecular complexity index is 2060. The van der Waals surface area contributed by atoms with Crippen molar-refractivity contribution in [2.75, 3.05) is 19.8 Å². The molecule has 11 N–H and O–H groups in total. The van der Waals surface area contributed by atoms with Gasteiger partial charge in [0, 0.05) is 36.8 Å². The van der Waals surface area contributed by atoms with E-state index in [0.717, 1.165) is 0 Å². The number of carbonyl (C=O) groups excluding carboxylic acids is 4. The van der Waals surface area contributed by atoms with E-state index >= 15 is 0 Å². The summed E-state index contributed by atoms with van der Waals surface area (Å²) in [4.78, 5) is 49.4. The van der Waals surface area contributed by atoms with E-state index < -0.39 is 103 Å². The molecule has 6 heterocycles. The first kappa shape index (κ1) is 46.8. The van der Waals surface area contributed by atoms with E-state index in [9.17, 15) is 55.1 Å². The van der Waals surface area contributed by atoms with Gasteiger partial charge in [-0.1, -0.05) is 43.4 Å². The predicted molar refractivity (Wildman–Crippen MR) is 207 cm³/mol. The number of nitrogens with two attached hydrogens (primary N) is 1. The standard InChI is InChI=1S/C14H14N2O4.C13H15N3O5.C13H13N3O4/c1-4-10-12(19)14(5-2,8-17)20-13(10)16-7-6-11(18)15-9(16)3;1-3-13(6-17)10(19)9(11(14)20)12(21-13)16-5-4-8(18)15-7(16)2;1-3-13(7-17)11(19)9(6-14)12(20-13)16-5-4-10(18)15-8(16)2/h1-2,6-7,10,12-13,17,19H,3,8H2,(H,15,18);1,4-5,9-10,12,17,19H,2,6H2,(H2,14,20)(H,15,18);1,4-5,9,11-12,17,19H,2,7H2,(H,15,18)/t10-,12-,13+,14+;9-,10+,12-,13-;9-,11-,12+,13+/m010/s1. The van der Waals surface area contributed by atoms with E-state index in [0.29, 0.717) is 0 Å². The van der Waals surface area contributed by atoms with E-state index in [1.54, 1.807) is 0 Å². The molecule has 61 heavy (non-hydrogen) atoms. The van der Waals surface area contributed by atoms with Crippen molar-refractivity contribution in [1.29, 1.82) is 5.26 Å². The lowest BCUT2D eigenvalue weighted by atomic mass is 9.90. The zero-order valence-corrected chi connectivity index (χ0v) is 32.1. The van der Waals surface area contributed by atoms with Crippen LogP contribution in [0.1, 0.15) is 0 Å². The number of amides is 4. The van der Waals surface area contributed by atoms with Crippen LogP contribution < -0.4 is 21.7 Å². The zero-order chi connectivity index (χ0) is 45.6. The molecule has 3 fully saturated rings. The first-order chi connectivity index (χ1) is 28.8. The summed E-state index contributed by atoms with van der Waals surface area (Å²) in [5.41, 5.74) is 0.317. The Balaban J connectivity index is 0.000000202. The summed E-state index contributed by atoms with van der Waals surface area (Å²) in [5, 5.41) is 75.2. The van der Waals surface area contributed by atoms with Gasteiger partial charge in [0.15, 0.2) is 35.5 Å². The van der Waals surface area contributed by atoms with Crippen LogP contribution in [0, 0.1) is 78.5 Å². The van der Waals surface area contributed by atoms with Crippen LogP contribution in [0.2, 0.25) is 0 Å². The van der Waals surface area contributed by atoms with Gasteiger partial charge in [-0.3, -0.25) is 19.2 Å². The highest BCUT2D eigenvalue weighted by atomic mass is 16.6. The lowest BCUT2D eigenvalue weighted by Gasteiger charge is -2.33. The maximum absolute atomic E-state index is 11.6. The highest BCUT2D eigenvalue weighted by Gasteiger charge is 2.59.